The van der Waals surface area contributed by atoms with E-state index in [2.05, 4.69) is 41.4 Å². The fraction of sp³-hybridized carbons (Fsp3) is 0.529. The van der Waals surface area contributed by atoms with Gasteiger partial charge in [-0.25, -0.2) is 0 Å². The van der Waals surface area contributed by atoms with Crippen LogP contribution in [0, 0.1) is 5.41 Å². The quantitative estimate of drug-likeness (QED) is 0.801. The summed E-state index contributed by atoms with van der Waals surface area (Å²) in [6.45, 7) is 4.03. The van der Waals surface area contributed by atoms with Crippen LogP contribution >= 0.6 is 0 Å². The van der Waals surface area contributed by atoms with Crippen LogP contribution in [-0.2, 0) is 16.0 Å². The first-order valence-electron chi connectivity index (χ1n) is 7.72. The minimum atomic E-state index is -1.01. The Balaban J connectivity index is 1.76. The lowest BCUT2D eigenvalue weighted by Crippen LogP contribution is -2.39. The molecule has 120 valence electrons. The second-order valence-electron chi connectivity index (χ2n) is 6.43. The highest BCUT2D eigenvalue weighted by atomic mass is 16.4. The molecule has 1 aliphatic heterocycles. The number of carbonyl (C=O) groups excluding carboxylic acids is 1. The SMILES string of the molecule is CC1(CCc2ccccc2)CCN(CC(=O)NCC(=O)O)C1. The molecule has 1 saturated heterocycles. The third kappa shape index (κ3) is 5.15. The lowest BCUT2D eigenvalue weighted by atomic mass is 9.83. The zero-order valence-electron chi connectivity index (χ0n) is 13.0. The predicted octanol–water partition coefficient (Wildman–Crippen LogP) is 1.53. The van der Waals surface area contributed by atoms with Crippen LogP contribution in [0.15, 0.2) is 30.3 Å². The van der Waals surface area contributed by atoms with Crippen molar-refractivity contribution in [1.29, 1.82) is 0 Å². The fourth-order valence-corrected chi connectivity index (χ4v) is 2.99. The summed E-state index contributed by atoms with van der Waals surface area (Å²) in [5.74, 6) is -1.22. The Kier molecular flexibility index (Phi) is 5.55. The summed E-state index contributed by atoms with van der Waals surface area (Å²) in [5.41, 5.74) is 1.57. The molecule has 1 heterocycles. The number of carboxylic acid groups (broad SMARTS) is 1. The van der Waals surface area contributed by atoms with E-state index in [0.717, 1.165) is 32.4 Å². The highest BCUT2D eigenvalue weighted by Gasteiger charge is 2.33. The molecule has 1 unspecified atom stereocenters. The number of amides is 1. The molecule has 0 bridgehead atoms. The van der Waals surface area contributed by atoms with Crippen molar-refractivity contribution in [3.05, 3.63) is 35.9 Å². The number of nitrogens with one attached hydrogen (secondary N) is 1. The van der Waals surface area contributed by atoms with E-state index in [-0.39, 0.29) is 24.4 Å². The van der Waals surface area contributed by atoms with Gasteiger partial charge in [0, 0.05) is 6.54 Å². The van der Waals surface area contributed by atoms with Crippen molar-refractivity contribution in [3.8, 4) is 0 Å². The summed E-state index contributed by atoms with van der Waals surface area (Å²) in [6, 6.07) is 10.4. The van der Waals surface area contributed by atoms with E-state index in [1.54, 1.807) is 0 Å². The van der Waals surface area contributed by atoms with Gasteiger partial charge in [-0.05, 0) is 36.8 Å². The second-order valence-corrected chi connectivity index (χ2v) is 6.43. The minimum Gasteiger partial charge on any atom is -0.480 e. The number of benzene rings is 1. The second kappa shape index (κ2) is 7.40. The third-order valence-electron chi connectivity index (χ3n) is 4.30. The lowest BCUT2D eigenvalue weighted by molar-refractivity contribution is -0.138. The molecule has 1 fully saturated rings. The van der Waals surface area contributed by atoms with Gasteiger partial charge in [0.2, 0.25) is 5.91 Å². The number of aliphatic carboxylic acids is 1. The molecule has 0 aliphatic carbocycles. The molecule has 0 saturated carbocycles. The normalized spacial score (nSPS) is 21.7. The van der Waals surface area contributed by atoms with Gasteiger partial charge in [-0.3, -0.25) is 14.5 Å². The first-order chi connectivity index (χ1) is 10.5. The summed E-state index contributed by atoms with van der Waals surface area (Å²) in [7, 11) is 0. The number of rotatable bonds is 7. The molecular weight excluding hydrogens is 280 g/mol. The van der Waals surface area contributed by atoms with E-state index >= 15 is 0 Å². The molecule has 1 atom stereocenters. The molecule has 1 aliphatic rings. The van der Waals surface area contributed by atoms with Crippen LogP contribution in [0.2, 0.25) is 0 Å². The third-order valence-corrected chi connectivity index (χ3v) is 4.30. The molecule has 5 heteroatoms. The van der Waals surface area contributed by atoms with Gasteiger partial charge in [0.25, 0.3) is 0 Å². The zero-order chi connectivity index (χ0) is 16.0. The Bertz CT molecular complexity index is 518. The van der Waals surface area contributed by atoms with Gasteiger partial charge in [-0.2, -0.15) is 0 Å². The summed E-state index contributed by atoms with van der Waals surface area (Å²) in [5, 5.41) is 11.0. The maximum atomic E-state index is 11.7. The maximum absolute atomic E-state index is 11.7. The number of aryl methyl sites for hydroxylation is 1. The van der Waals surface area contributed by atoms with Gasteiger partial charge in [-0.1, -0.05) is 37.3 Å². The van der Waals surface area contributed by atoms with Gasteiger partial charge in [0.15, 0.2) is 0 Å². The van der Waals surface area contributed by atoms with Crippen molar-refractivity contribution in [1.82, 2.24) is 10.2 Å². The van der Waals surface area contributed by atoms with Crippen molar-refractivity contribution in [2.45, 2.75) is 26.2 Å². The van der Waals surface area contributed by atoms with Crippen molar-refractivity contribution in [3.63, 3.8) is 0 Å². The van der Waals surface area contributed by atoms with Gasteiger partial charge < -0.3 is 10.4 Å². The smallest absolute Gasteiger partial charge is 0.322 e. The zero-order valence-corrected chi connectivity index (χ0v) is 13.0. The van der Waals surface area contributed by atoms with Crippen LogP contribution in [0.5, 0.6) is 0 Å². The topological polar surface area (TPSA) is 69.6 Å². The Labute approximate surface area is 131 Å². The fourth-order valence-electron chi connectivity index (χ4n) is 2.99. The molecular formula is C17H24N2O3. The number of hydrogen-bond donors (Lipinski definition) is 2. The van der Waals surface area contributed by atoms with Crippen LogP contribution < -0.4 is 5.32 Å². The van der Waals surface area contributed by atoms with Crippen molar-refractivity contribution >= 4 is 11.9 Å². The highest BCUT2D eigenvalue weighted by Crippen LogP contribution is 2.34. The van der Waals surface area contributed by atoms with E-state index < -0.39 is 5.97 Å². The summed E-state index contributed by atoms with van der Waals surface area (Å²) in [4.78, 5) is 24.2. The van der Waals surface area contributed by atoms with E-state index in [9.17, 15) is 9.59 Å². The molecule has 1 amide bonds. The van der Waals surface area contributed by atoms with Crippen LogP contribution in [-0.4, -0.2) is 48.1 Å². The molecule has 0 aromatic heterocycles. The van der Waals surface area contributed by atoms with E-state index in [1.165, 1.54) is 5.56 Å². The Morgan fingerprint density at radius 2 is 2.05 bits per heavy atom. The molecule has 5 nitrogen and oxygen atoms in total. The summed E-state index contributed by atoms with van der Waals surface area (Å²) in [6.07, 6.45) is 3.23. The molecule has 0 spiro atoms. The number of nitrogens with zero attached hydrogens (tertiary/aromatic N) is 1. The standard InChI is InChI=1S/C17H24N2O3/c1-17(8-7-14-5-3-2-4-6-14)9-10-19(13-17)12-15(20)18-11-16(21)22/h2-6H,7-13H2,1H3,(H,18,20)(H,21,22). The first-order valence-corrected chi connectivity index (χ1v) is 7.72. The number of likely N-dealkylation sites (tertiary alicyclic amines) is 1. The monoisotopic (exact) mass is 304 g/mol. The Hall–Kier alpha value is -1.88. The molecule has 1 aromatic rings. The van der Waals surface area contributed by atoms with Gasteiger partial charge in [-0.15, -0.1) is 0 Å². The van der Waals surface area contributed by atoms with Crippen molar-refractivity contribution in [2.75, 3.05) is 26.2 Å². The number of carbonyl (C=O) groups is 2. The van der Waals surface area contributed by atoms with E-state index in [1.807, 2.05) is 6.07 Å². The lowest BCUT2D eigenvalue weighted by Gasteiger charge is -2.24. The molecule has 0 radical (unpaired) electrons. The average Bonchev–Trinajstić information content (AvgIpc) is 2.86. The molecule has 2 rings (SSSR count). The largest absolute Gasteiger partial charge is 0.480 e. The number of carboxylic acids is 1. The predicted molar refractivity (Wildman–Crippen MR) is 84.6 cm³/mol. The summed E-state index contributed by atoms with van der Waals surface area (Å²) < 4.78 is 0. The van der Waals surface area contributed by atoms with Gasteiger partial charge in [0.1, 0.15) is 6.54 Å². The number of hydrogen-bond acceptors (Lipinski definition) is 3. The minimum absolute atomic E-state index is 0.213. The van der Waals surface area contributed by atoms with Crippen LogP contribution in [0.25, 0.3) is 0 Å². The van der Waals surface area contributed by atoms with Crippen LogP contribution in [0.1, 0.15) is 25.3 Å². The van der Waals surface area contributed by atoms with E-state index in [0.29, 0.717) is 0 Å². The maximum Gasteiger partial charge on any atom is 0.322 e. The molecule has 22 heavy (non-hydrogen) atoms. The first kappa shape index (κ1) is 16.5. The van der Waals surface area contributed by atoms with Gasteiger partial charge in [0.05, 0.1) is 6.54 Å². The average molecular weight is 304 g/mol. The Morgan fingerprint density at radius 3 is 2.73 bits per heavy atom. The van der Waals surface area contributed by atoms with Crippen molar-refractivity contribution < 1.29 is 14.7 Å². The summed E-state index contributed by atoms with van der Waals surface area (Å²) >= 11 is 0. The van der Waals surface area contributed by atoms with Crippen LogP contribution in [0.3, 0.4) is 0 Å². The highest BCUT2D eigenvalue weighted by molar-refractivity contribution is 5.82. The Morgan fingerprint density at radius 1 is 1.32 bits per heavy atom. The van der Waals surface area contributed by atoms with Gasteiger partial charge >= 0.3 is 5.97 Å². The van der Waals surface area contributed by atoms with Crippen LogP contribution in [0.4, 0.5) is 0 Å². The molecule has 2 N–H and O–H groups in total. The van der Waals surface area contributed by atoms with Crippen molar-refractivity contribution in [2.24, 2.45) is 5.41 Å². The molecule has 1 aromatic carbocycles. The van der Waals surface area contributed by atoms with E-state index in [4.69, 9.17) is 5.11 Å².